The van der Waals surface area contributed by atoms with Crippen molar-refractivity contribution in [2.45, 2.75) is 25.7 Å². The average Bonchev–Trinajstić information content (AvgIpc) is 4.01. The largest absolute Gasteiger partial charge is 0.508 e. The monoisotopic (exact) mass is 887 g/mol. The van der Waals surface area contributed by atoms with Crippen LogP contribution in [0.15, 0.2) is 183 Å². The number of halogens is 2. The lowest BCUT2D eigenvalue weighted by atomic mass is 10.1. The number of benzene rings is 4. The molecule has 7 heterocycles. The first-order valence-electron chi connectivity index (χ1n) is 22.5. The van der Waals surface area contributed by atoms with Gasteiger partial charge in [-0.3, -0.25) is 18.8 Å². The number of nitrogens with zero attached hydrogens (tertiary/aromatic N) is 7. The van der Waals surface area contributed by atoms with Crippen molar-refractivity contribution in [3.63, 3.8) is 0 Å². The van der Waals surface area contributed by atoms with Gasteiger partial charge in [-0.05, 0) is 176 Å². The molecule has 11 rings (SSSR count). The van der Waals surface area contributed by atoms with E-state index >= 15 is 0 Å². The Morgan fingerprint density at radius 3 is 1.57 bits per heavy atom. The van der Waals surface area contributed by atoms with Crippen LogP contribution in [0, 0.1) is 11.6 Å². The second kappa shape index (κ2) is 19.6. The fourth-order valence-electron chi connectivity index (χ4n) is 8.60. The van der Waals surface area contributed by atoms with Gasteiger partial charge in [0.1, 0.15) is 34.4 Å². The molecule has 0 saturated carbocycles. The smallest absolute Gasteiger partial charge is 0.137 e. The Morgan fingerprint density at radius 1 is 0.493 bits per heavy atom. The average molecular weight is 888 g/mol. The molecule has 0 aliphatic carbocycles. The maximum absolute atomic E-state index is 13.4. The van der Waals surface area contributed by atoms with Crippen molar-refractivity contribution >= 4 is 11.3 Å². The van der Waals surface area contributed by atoms with Crippen LogP contribution in [0.4, 0.5) is 8.78 Å². The summed E-state index contributed by atoms with van der Waals surface area (Å²) in [5.74, 6) is 0.605. The summed E-state index contributed by atoms with van der Waals surface area (Å²) in [5, 5.41) is 9.73. The SMILES string of the molecule is Fc1ccc(-c2cc(-c3cnc4cc(-c5cccc(OCCCN6CCCCC6)c5)ccn34)ccn2)cc1.Oc1cccc(-c2ccn3c(-c4ccnc(-c5ccc(F)cc5)c4)cnc3c2)c1. The van der Waals surface area contributed by atoms with E-state index in [1.807, 2.05) is 83.7 Å². The number of hydrogen-bond acceptors (Lipinski definition) is 7. The standard InChI is InChI=1S/C32H31FN4O.C24H16FN3O/c33-28-10-8-24(9-11-28)30-21-27(12-14-34-30)31-23-35-32-22-26(13-18-37(31)32)25-6-4-7-29(20-25)38-19-5-17-36-15-2-1-3-16-36;25-20-6-4-16(5-7-20)22-13-19(8-10-26-22)23-15-27-24-14-18(9-11-28(23)24)17-2-1-3-21(29)12-17/h4,6-14,18,20-23H,1-3,5,15-17,19H2;1-15,29H. The quantitative estimate of drug-likeness (QED) is 0.129. The lowest BCUT2D eigenvalue weighted by molar-refractivity contribution is 0.205. The molecular formula is C56H47F2N7O2. The van der Waals surface area contributed by atoms with Crippen LogP contribution in [0.5, 0.6) is 11.5 Å². The van der Waals surface area contributed by atoms with Gasteiger partial charge in [0.15, 0.2) is 0 Å². The summed E-state index contributed by atoms with van der Waals surface area (Å²) in [5.41, 5.74) is 13.0. The highest BCUT2D eigenvalue weighted by atomic mass is 19.1. The van der Waals surface area contributed by atoms with Gasteiger partial charge in [-0.15, -0.1) is 0 Å². The zero-order chi connectivity index (χ0) is 45.5. The van der Waals surface area contributed by atoms with Crippen LogP contribution in [0.1, 0.15) is 25.7 Å². The number of fused-ring (bicyclic) bond motifs is 2. The van der Waals surface area contributed by atoms with Crippen LogP contribution in [-0.4, -0.2) is 65.0 Å². The zero-order valence-electron chi connectivity index (χ0n) is 36.7. The Hall–Kier alpha value is -8.02. The molecule has 10 aromatic rings. The van der Waals surface area contributed by atoms with E-state index in [-0.39, 0.29) is 17.4 Å². The lowest BCUT2D eigenvalue weighted by Gasteiger charge is -2.26. The number of piperidine rings is 1. The van der Waals surface area contributed by atoms with Crippen LogP contribution in [0.2, 0.25) is 0 Å². The van der Waals surface area contributed by atoms with E-state index in [2.05, 4.69) is 59.7 Å². The van der Waals surface area contributed by atoms with Gasteiger partial charge in [-0.25, -0.2) is 18.7 Å². The molecule has 6 aromatic heterocycles. The van der Waals surface area contributed by atoms with Gasteiger partial charge in [0.05, 0.1) is 41.8 Å². The maximum Gasteiger partial charge on any atom is 0.137 e. The number of pyridine rings is 4. The Morgan fingerprint density at radius 2 is 1.01 bits per heavy atom. The summed E-state index contributed by atoms with van der Waals surface area (Å²) in [7, 11) is 0. The summed E-state index contributed by atoms with van der Waals surface area (Å²) in [4.78, 5) is 20.7. The molecule has 0 amide bonds. The number of rotatable bonds is 11. The molecule has 1 saturated heterocycles. The fourth-order valence-corrected chi connectivity index (χ4v) is 8.60. The number of phenolic OH excluding ortho intramolecular Hbond substituents is 1. The Labute approximate surface area is 387 Å². The fraction of sp³-hybridized carbons (Fsp3) is 0.143. The zero-order valence-corrected chi connectivity index (χ0v) is 36.7. The lowest BCUT2D eigenvalue weighted by Crippen LogP contribution is -2.31. The third kappa shape index (κ3) is 9.97. The predicted octanol–water partition coefficient (Wildman–Crippen LogP) is 12.7. The first kappa shape index (κ1) is 42.9. The highest BCUT2D eigenvalue weighted by Crippen LogP contribution is 2.31. The van der Waals surface area contributed by atoms with E-state index < -0.39 is 0 Å². The van der Waals surface area contributed by atoms with Gasteiger partial charge < -0.3 is 14.7 Å². The number of phenols is 1. The summed E-state index contributed by atoms with van der Waals surface area (Å²) in [6.07, 6.45) is 16.3. The molecule has 0 unspecified atom stereocenters. The van der Waals surface area contributed by atoms with E-state index in [9.17, 15) is 13.9 Å². The molecule has 11 heteroatoms. The molecule has 1 aliphatic heterocycles. The predicted molar refractivity (Wildman–Crippen MR) is 261 cm³/mol. The van der Waals surface area contributed by atoms with Gasteiger partial charge in [0.2, 0.25) is 0 Å². The third-order valence-electron chi connectivity index (χ3n) is 12.1. The number of hydrogen-bond donors (Lipinski definition) is 1. The van der Waals surface area contributed by atoms with E-state index in [1.165, 1.54) is 56.6 Å². The number of aromatic nitrogens is 6. The molecule has 4 aromatic carbocycles. The van der Waals surface area contributed by atoms with Crippen molar-refractivity contribution in [1.29, 1.82) is 0 Å². The summed E-state index contributed by atoms with van der Waals surface area (Å²) in [6, 6.07) is 44.2. The van der Waals surface area contributed by atoms with Crippen molar-refractivity contribution in [3.05, 3.63) is 194 Å². The molecular weight excluding hydrogens is 841 g/mol. The first-order valence-corrected chi connectivity index (χ1v) is 22.5. The highest BCUT2D eigenvalue weighted by molar-refractivity contribution is 5.75. The Bertz CT molecular complexity index is 3290. The molecule has 0 bridgehead atoms. The van der Waals surface area contributed by atoms with Gasteiger partial charge in [0.25, 0.3) is 0 Å². The minimum absolute atomic E-state index is 0.233. The molecule has 1 aliphatic rings. The van der Waals surface area contributed by atoms with Gasteiger partial charge in [-0.1, -0.05) is 30.7 Å². The van der Waals surface area contributed by atoms with Crippen LogP contribution >= 0.6 is 0 Å². The molecule has 67 heavy (non-hydrogen) atoms. The minimum Gasteiger partial charge on any atom is -0.508 e. The summed E-state index contributed by atoms with van der Waals surface area (Å²) in [6.45, 7) is 4.30. The van der Waals surface area contributed by atoms with Crippen molar-refractivity contribution in [1.82, 2.24) is 33.6 Å². The Kier molecular flexibility index (Phi) is 12.6. The normalized spacial score (nSPS) is 12.8. The van der Waals surface area contributed by atoms with Crippen LogP contribution in [-0.2, 0) is 0 Å². The molecule has 0 radical (unpaired) electrons. The molecule has 332 valence electrons. The number of aromatic hydroxyl groups is 1. The topological polar surface area (TPSA) is 93.1 Å². The van der Waals surface area contributed by atoms with Crippen LogP contribution in [0.3, 0.4) is 0 Å². The van der Waals surface area contributed by atoms with Crippen molar-refractivity contribution in [3.8, 4) is 78.8 Å². The van der Waals surface area contributed by atoms with Crippen LogP contribution in [0.25, 0.3) is 78.6 Å². The number of likely N-dealkylation sites (tertiary alicyclic amines) is 1. The van der Waals surface area contributed by atoms with Gasteiger partial charge >= 0.3 is 0 Å². The van der Waals surface area contributed by atoms with Crippen molar-refractivity contribution < 1.29 is 18.6 Å². The van der Waals surface area contributed by atoms with Crippen LogP contribution < -0.4 is 4.74 Å². The Balaban J connectivity index is 0.000000162. The second-order valence-corrected chi connectivity index (χ2v) is 16.6. The van der Waals surface area contributed by atoms with Gasteiger partial charge in [0, 0.05) is 53.6 Å². The van der Waals surface area contributed by atoms with E-state index in [0.717, 1.165) is 104 Å². The van der Waals surface area contributed by atoms with Crippen molar-refractivity contribution in [2.75, 3.05) is 26.2 Å². The van der Waals surface area contributed by atoms with E-state index in [0.29, 0.717) is 0 Å². The second-order valence-electron chi connectivity index (χ2n) is 16.6. The number of ether oxygens (including phenoxy) is 1. The number of imidazole rings is 2. The molecule has 0 atom stereocenters. The minimum atomic E-state index is -0.269. The summed E-state index contributed by atoms with van der Waals surface area (Å²) < 4.78 is 36.7. The van der Waals surface area contributed by atoms with E-state index in [1.54, 1.807) is 48.8 Å². The molecule has 9 nitrogen and oxygen atoms in total. The summed E-state index contributed by atoms with van der Waals surface area (Å²) >= 11 is 0. The maximum atomic E-state index is 13.4. The van der Waals surface area contributed by atoms with Gasteiger partial charge in [-0.2, -0.15) is 0 Å². The van der Waals surface area contributed by atoms with Crippen molar-refractivity contribution in [2.24, 2.45) is 0 Å². The molecule has 0 spiro atoms. The highest BCUT2D eigenvalue weighted by Gasteiger charge is 2.13. The third-order valence-corrected chi connectivity index (χ3v) is 12.1. The molecule has 1 fully saturated rings. The first-order chi connectivity index (χ1) is 32.9. The molecule has 1 N–H and O–H groups in total. The van der Waals surface area contributed by atoms with E-state index in [4.69, 9.17) is 4.74 Å².